The van der Waals surface area contributed by atoms with Gasteiger partial charge in [-0.15, -0.1) is 5.10 Å². The topological polar surface area (TPSA) is 68.5 Å². The third-order valence-electron chi connectivity index (χ3n) is 2.47. The van der Waals surface area contributed by atoms with Crippen molar-refractivity contribution in [3.05, 3.63) is 30.1 Å². The van der Waals surface area contributed by atoms with Crippen molar-refractivity contribution < 1.29 is 0 Å². The first-order valence-corrected chi connectivity index (χ1v) is 7.25. The largest absolute Gasteiger partial charge is 0.313 e. The van der Waals surface area contributed by atoms with Gasteiger partial charge < -0.3 is 5.32 Å². The van der Waals surface area contributed by atoms with Gasteiger partial charge in [-0.2, -0.15) is 0 Å². The normalized spacial score (nSPS) is 11.1. The fourth-order valence-corrected chi connectivity index (χ4v) is 2.37. The van der Waals surface area contributed by atoms with Gasteiger partial charge in [0.1, 0.15) is 0 Å². The van der Waals surface area contributed by atoms with Crippen LogP contribution in [0.3, 0.4) is 0 Å². The van der Waals surface area contributed by atoms with Crippen molar-refractivity contribution in [2.75, 3.05) is 6.54 Å². The summed E-state index contributed by atoms with van der Waals surface area (Å²) in [6, 6.07) is 4.46. The van der Waals surface area contributed by atoms with Crippen LogP contribution in [0, 0.1) is 0 Å². The Balaban J connectivity index is 1.85. The molecule has 0 saturated heterocycles. The lowest BCUT2D eigenvalue weighted by Crippen LogP contribution is -2.27. The molecule has 19 heavy (non-hydrogen) atoms. The van der Waals surface area contributed by atoms with Gasteiger partial charge in [0.15, 0.2) is 0 Å². The fourth-order valence-electron chi connectivity index (χ4n) is 1.53. The third-order valence-corrected chi connectivity index (χ3v) is 3.49. The molecule has 0 radical (unpaired) electrons. The van der Waals surface area contributed by atoms with Crippen LogP contribution in [0.5, 0.6) is 0 Å². The van der Waals surface area contributed by atoms with E-state index in [1.807, 2.05) is 16.9 Å². The van der Waals surface area contributed by atoms with Gasteiger partial charge in [-0.25, -0.2) is 4.68 Å². The zero-order valence-corrected chi connectivity index (χ0v) is 12.0. The van der Waals surface area contributed by atoms with Crippen LogP contribution in [0.1, 0.15) is 19.4 Å². The second-order valence-corrected chi connectivity index (χ2v) is 5.39. The molecule has 0 aliphatic heterocycles. The molecule has 0 unspecified atom stereocenters. The summed E-state index contributed by atoms with van der Waals surface area (Å²) in [5.41, 5.74) is 1.17. The van der Waals surface area contributed by atoms with Crippen molar-refractivity contribution in [2.45, 2.75) is 37.3 Å². The average Bonchev–Trinajstić information content (AvgIpc) is 2.85. The maximum Gasteiger partial charge on any atom is 0.209 e. The van der Waals surface area contributed by atoms with E-state index < -0.39 is 0 Å². The van der Waals surface area contributed by atoms with E-state index in [0.29, 0.717) is 6.04 Å². The van der Waals surface area contributed by atoms with Crippen molar-refractivity contribution in [1.82, 2.24) is 30.5 Å². The number of nitrogens with one attached hydrogen (secondary N) is 1. The Labute approximate surface area is 117 Å². The molecule has 0 bridgehead atoms. The molecule has 0 aliphatic rings. The minimum atomic E-state index is 0.475. The Hall–Kier alpha value is -1.47. The van der Waals surface area contributed by atoms with Gasteiger partial charge in [-0.05, 0) is 22.1 Å². The van der Waals surface area contributed by atoms with E-state index in [-0.39, 0.29) is 0 Å². The van der Waals surface area contributed by atoms with Crippen molar-refractivity contribution in [2.24, 2.45) is 0 Å². The summed E-state index contributed by atoms with van der Waals surface area (Å²) in [7, 11) is 0. The number of thioether (sulfide) groups is 1. The van der Waals surface area contributed by atoms with Gasteiger partial charge >= 0.3 is 0 Å². The van der Waals surface area contributed by atoms with Crippen molar-refractivity contribution >= 4 is 11.8 Å². The second kappa shape index (κ2) is 7.20. The molecule has 0 amide bonds. The van der Waals surface area contributed by atoms with Crippen LogP contribution < -0.4 is 5.32 Å². The van der Waals surface area contributed by atoms with E-state index in [0.717, 1.165) is 24.0 Å². The van der Waals surface area contributed by atoms with E-state index >= 15 is 0 Å². The Kier molecular flexibility index (Phi) is 5.29. The summed E-state index contributed by atoms with van der Waals surface area (Å²) in [5, 5.41) is 16.0. The number of pyridine rings is 1. The van der Waals surface area contributed by atoms with Crippen LogP contribution in [0.15, 0.2) is 29.7 Å². The lowest BCUT2D eigenvalue weighted by atomic mass is 10.3. The van der Waals surface area contributed by atoms with Gasteiger partial charge in [-0.3, -0.25) is 4.98 Å². The highest BCUT2D eigenvalue weighted by atomic mass is 32.2. The molecule has 0 atom stereocenters. The Morgan fingerprint density at radius 1 is 1.42 bits per heavy atom. The molecule has 0 aromatic carbocycles. The average molecular weight is 278 g/mol. The molecule has 0 fully saturated rings. The molecule has 7 heteroatoms. The summed E-state index contributed by atoms with van der Waals surface area (Å²) in [4.78, 5) is 4.09. The standard InChI is InChI=1S/C12H18N6S/c1-10(2)14-6-7-18-12(15-16-17-18)19-9-11-4-3-5-13-8-11/h3-5,8,10,14H,6-7,9H2,1-2H3. The van der Waals surface area contributed by atoms with E-state index in [9.17, 15) is 0 Å². The molecule has 2 aromatic rings. The highest BCUT2D eigenvalue weighted by Gasteiger charge is 2.07. The summed E-state index contributed by atoms with van der Waals surface area (Å²) in [5.74, 6) is 0.825. The van der Waals surface area contributed by atoms with Gasteiger partial charge in [-0.1, -0.05) is 31.7 Å². The lowest BCUT2D eigenvalue weighted by molar-refractivity contribution is 0.485. The highest BCUT2D eigenvalue weighted by molar-refractivity contribution is 7.98. The smallest absolute Gasteiger partial charge is 0.209 e. The van der Waals surface area contributed by atoms with Crippen LogP contribution in [-0.4, -0.2) is 37.8 Å². The predicted octanol–water partition coefficient (Wildman–Crippen LogP) is 1.36. The van der Waals surface area contributed by atoms with Crippen LogP contribution in [0.25, 0.3) is 0 Å². The Bertz CT molecular complexity index is 484. The van der Waals surface area contributed by atoms with E-state index in [2.05, 4.69) is 45.7 Å². The summed E-state index contributed by atoms with van der Waals surface area (Å²) < 4.78 is 1.83. The molecule has 0 spiro atoms. The minimum absolute atomic E-state index is 0.475. The summed E-state index contributed by atoms with van der Waals surface area (Å²) in [6.45, 7) is 5.89. The molecule has 0 saturated carbocycles. The summed E-state index contributed by atoms with van der Waals surface area (Å²) >= 11 is 1.62. The zero-order chi connectivity index (χ0) is 13.5. The first-order chi connectivity index (χ1) is 9.25. The van der Waals surface area contributed by atoms with Crippen molar-refractivity contribution in [3.63, 3.8) is 0 Å². The fraction of sp³-hybridized carbons (Fsp3) is 0.500. The molecule has 102 valence electrons. The quantitative estimate of drug-likeness (QED) is 0.771. The van der Waals surface area contributed by atoms with Gasteiger partial charge in [0.2, 0.25) is 5.16 Å². The van der Waals surface area contributed by atoms with Gasteiger partial charge in [0, 0.05) is 30.7 Å². The minimum Gasteiger partial charge on any atom is -0.313 e. The summed E-state index contributed by atoms with van der Waals surface area (Å²) in [6.07, 6.45) is 3.64. The molecule has 0 aliphatic carbocycles. The zero-order valence-electron chi connectivity index (χ0n) is 11.2. The first kappa shape index (κ1) is 14.0. The van der Waals surface area contributed by atoms with Crippen LogP contribution in [0.2, 0.25) is 0 Å². The predicted molar refractivity (Wildman–Crippen MR) is 74.8 cm³/mol. The van der Waals surface area contributed by atoms with Gasteiger partial charge in [0.05, 0.1) is 6.54 Å². The maximum absolute atomic E-state index is 4.09. The molecular formula is C12H18N6S. The van der Waals surface area contributed by atoms with Crippen LogP contribution in [-0.2, 0) is 12.3 Å². The molecule has 1 N–H and O–H groups in total. The third kappa shape index (κ3) is 4.60. The number of nitrogens with zero attached hydrogens (tertiary/aromatic N) is 5. The first-order valence-electron chi connectivity index (χ1n) is 6.27. The van der Waals surface area contributed by atoms with Gasteiger partial charge in [0.25, 0.3) is 0 Å². The Morgan fingerprint density at radius 2 is 2.32 bits per heavy atom. The lowest BCUT2D eigenvalue weighted by Gasteiger charge is -2.08. The number of rotatable bonds is 7. The van der Waals surface area contributed by atoms with Crippen LogP contribution >= 0.6 is 11.8 Å². The van der Waals surface area contributed by atoms with Crippen LogP contribution in [0.4, 0.5) is 0 Å². The number of hydrogen-bond acceptors (Lipinski definition) is 6. The van der Waals surface area contributed by atoms with Crippen molar-refractivity contribution in [3.8, 4) is 0 Å². The molecular weight excluding hydrogens is 260 g/mol. The van der Waals surface area contributed by atoms with E-state index in [1.165, 1.54) is 5.56 Å². The highest BCUT2D eigenvalue weighted by Crippen LogP contribution is 2.18. The molecule has 2 aromatic heterocycles. The molecule has 6 nitrogen and oxygen atoms in total. The monoisotopic (exact) mass is 278 g/mol. The number of tetrazole rings is 1. The van der Waals surface area contributed by atoms with E-state index in [4.69, 9.17) is 0 Å². The molecule has 2 rings (SSSR count). The number of hydrogen-bond donors (Lipinski definition) is 1. The van der Waals surface area contributed by atoms with E-state index in [1.54, 1.807) is 18.0 Å². The second-order valence-electron chi connectivity index (χ2n) is 4.44. The number of aromatic nitrogens is 5. The maximum atomic E-state index is 4.09. The Morgan fingerprint density at radius 3 is 3.05 bits per heavy atom. The SMILES string of the molecule is CC(C)NCCn1nnnc1SCc1cccnc1. The van der Waals surface area contributed by atoms with Crippen molar-refractivity contribution in [1.29, 1.82) is 0 Å². The molecule has 2 heterocycles.